The highest BCUT2D eigenvalue weighted by molar-refractivity contribution is 5.73. The van der Waals surface area contributed by atoms with E-state index in [1.54, 1.807) is 18.9 Å². The molecule has 0 saturated carbocycles. The van der Waals surface area contributed by atoms with Crippen LogP contribution in [0.15, 0.2) is 29.1 Å². The first-order valence-electron chi connectivity index (χ1n) is 9.33. The van der Waals surface area contributed by atoms with E-state index in [-0.39, 0.29) is 11.5 Å². The van der Waals surface area contributed by atoms with Gasteiger partial charge in [-0.15, -0.1) is 0 Å². The topological polar surface area (TPSA) is 75.3 Å². The lowest BCUT2D eigenvalue weighted by Crippen LogP contribution is -2.33. The zero-order valence-corrected chi connectivity index (χ0v) is 16.8. The van der Waals surface area contributed by atoms with Crippen molar-refractivity contribution in [3.05, 3.63) is 57.3 Å². The molecule has 27 heavy (non-hydrogen) atoms. The van der Waals surface area contributed by atoms with Crippen LogP contribution < -0.4 is 10.3 Å². The summed E-state index contributed by atoms with van der Waals surface area (Å²) in [5.41, 5.74) is 2.33. The van der Waals surface area contributed by atoms with E-state index in [1.807, 2.05) is 31.2 Å². The Hall–Kier alpha value is -2.63. The quantitative estimate of drug-likeness (QED) is 0.774. The predicted molar refractivity (Wildman–Crippen MR) is 106 cm³/mol. The number of carbonyl (C=O) groups is 1. The molecule has 0 spiro atoms. The smallest absolute Gasteiger partial charge is 0.254 e. The minimum Gasteiger partial charge on any atom is -0.497 e. The van der Waals surface area contributed by atoms with Gasteiger partial charge in [-0.1, -0.05) is 32.9 Å². The molecule has 1 aromatic carbocycles. The molecule has 2 rings (SSSR count). The van der Waals surface area contributed by atoms with E-state index in [0.29, 0.717) is 43.2 Å². The van der Waals surface area contributed by atoms with Gasteiger partial charge < -0.3 is 14.6 Å². The van der Waals surface area contributed by atoms with Gasteiger partial charge in [0.1, 0.15) is 11.6 Å². The number of aryl methyl sites for hydroxylation is 1. The van der Waals surface area contributed by atoms with E-state index in [4.69, 9.17) is 4.74 Å². The van der Waals surface area contributed by atoms with Crippen molar-refractivity contribution in [1.82, 2.24) is 14.9 Å². The maximum Gasteiger partial charge on any atom is 0.254 e. The van der Waals surface area contributed by atoms with E-state index in [1.165, 1.54) is 0 Å². The SMILES string of the molecule is CCc1nc(CN(CC(C)C)C(C)=O)[nH]c(=O)c1Cc1ccc(OC)cc1. The number of aromatic amines is 1. The highest BCUT2D eigenvalue weighted by Gasteiger charge is 2.16. The Labute approximate surface area is 160 Å². The summed E-state index contributed by atoms with van der Waals surface area (Å²) in [6.45, 7) is 8.59. The third-order valence-corrected chi connectivity index (χ3v) is 4.40. The van der Waals surface area contributed by atoms with Crippen molar-refractivity contribution in [3.63, 3.8) is 0 Å². The van der Waals surface area contributed by atoms with Gasteiger partial charge in [-0.2, -0.15) is 0 Å². The fourth-order valence-corrected chi connectivity index (χ4v) is 3.02. The second-order valence-electron chi connectivity index (χ2n) is 7.11. The highest BCUT2D eigenvalue weighted by atomic mass is 16.5. The van der Waals surface area contributed by atoms with Gasteiger partial charge in [0.2, 0.25) is 5.91 Å². The molecule has 1 aromatic heterocycles. The molecule has 1 amide bonds. The maximum absolute atomic E-state index is 12.7. The molecule has 1 N–H and O–H groups in total. The maximum atomic E-state index is 12.7. The zero-order chi connectivity index (χ0) is 20.0. The molecule has 0 bridgehead atoms. The molecule has 6 nitrogen and oxygen atoms in total. The summed E-state index contributed by atoms with van der Waals surface area (Å²) in [5, 5.41) is 0. The monoisotopic (exact) mass is 371 g/mol. The molecule has 0 unspecified atom stereocenters. The van der Waals surface area contributed by atoms with Crippen LogP contribution in [0.1, 0.15) is 50.3 Å². The molecule has 2 aromatic rings. The van der Waals surface area contributed by atoms with Gasteiger partial charge in [0.15, 0.2) is 0 Å². The molecule has 6 heteroatoms. The highest BCUT2D eigenvalue weighted by Crippen LogP contribution is 2.15. The number of carbonyl (C=O) groups excluding carboxylic acids is 1. The van der Waals surface area contributed by atoms with Gasteiger partial charge in [-0.3, -0.25) is 9.59 Å². The van der Waals surface area contributed by atoms with Crippen molar-refractivity contribution >= 4 is 5.91 Å². The fourth-order valence-electron chi connectivity index (χ4n) is 3.02. The van der Waals surface area contributed by atoms with Crippen LogP contribution in [0.5, 0.6) is 5.75 Å². The average Bonchev–Trinajstić information content (AvgIpc) is 2.63. The van der Waals surface area contributed by atoms with E-state index in [0.717, 1.165) is 17.0 Å². The molecule has 0 radical (unpaired) electrons. The molecule has 0 saturated heterocycles. The summed E-state index contributed by atoms with van der Waals surface area (Å²) in [5.74, 6) is 1.64. The van der Waals surface area contributed by atoms with Crippen LogP contribution in [-0.2, 0) is 24.2 Å². The number of hydrogen-bond acceptors (Lipinski definition) is 4. The number of amides is 1. The normalized spacial score (nSPS) is 10.9. The van der Waals surface area contributed by atoms with Crippen LogP contribution >= 0.6 is 0 Å². The molecular formula is C21H29N3O3. The Morgan fingerprint density at radius 1 is 1.26 bits per heavy atom. The summed E-state index contributed by atoms with van der Waals surface area (Å²) < 4.78 is 5.17. The third-order valence-electron chi connectivity index (χ3n) is 4.40. The lowest BCUT2D eigenvalue weighted by Gasteiger charge is -2.23. The van der Waals surface area contributed by atoms with Gasteiger partial charge in [0.05, 0.1) is 19.3 Å². The van der Waals surface area contributed by atoms with Crippen LogP contribution in [0.2, 0.25) is 0 Å². The Morgan fingerprint density at radius 2 is 1.93 bits per heavy atom. The van der Waals surface area contributed by atoms with Gasteiger partial charge in [-0.25, -0.2) is 4.98 Å². The number of nitrogens with zero attached hydrogens (tertiary/aromatic N) is 2. The fraction of sp³-hybridized carbons (Fsp3) is 0.476. The molecular weight excluding hydrogens is 342 g/mol. The summed E-state index contributed by atoms with van der Waals surface area (Å²) in [6, 6.07) is 7.67. The van der Waals surface area contributed by atoms with Crippen molar-refractivity contribution in [2.45, 2.75) is 47.1 Å². The van der Waals surface area contributed by atoms with Crippen LogP contribution in [0.3, 0.4) is 0 Å². The average molecular weight is 371 g/mol. The van der Waals surface area contributed by atoms with Crippen molar-refractivity contribution in [3.8, 4) is 5.75 Å². The van der Waals surface area contributed by atoms with Crippen LogP contribution in [0.4, 0.5) is 0 Å². The Kier molecular flexibility index (Phi) is 7.16. The number of benzene rings is 1. The van der Waals surface area contributed by atoms with Gasteiger partial charge in [0.25, 0.3) is 5.56 Å². The van der Waals surface area contributed by atoms with Crippen molar-refractivity contribution < 1.29 is 9.53 Å². The summed E-state index contributed by atoms with van der Waals surface area (Å²) in [4.78, 5) is 33.8. The Balaban J connectivity index is 2.27. The van der Waals surface area contributed by atoms with E-state index >= 15 is 0 Å². The molecule has 0 aliphatic heterocycles. The Bertz CT molecular complexity index is 826. The minimum atomic E-state index is -0.138. The van der Waals surface area contributed by atoms with Gasteiger partial charge in [-0.05, 0) is 30.0 Å². The largest absolute Gasteiger partial charge is 0.497 e. The van der Waals surface area contributed by atoms with Crippen molar-refractivity contribution in [2.75, 3.05) is 13.7 Å². The molecule has 0 fully saturated rings. The predicted octanol–water partition coefficient (Wildman–Crippen LogP) is 2.94. The third kappa shape index (κ3) is 5.67. The number of methoxy groups -OCH3 is 1. The molecule has 146 valence electrons. The lowest BCUT2D eigenvalue weighted by atomic mass is 10.0. The number of rotatable bonds is 8. The first-order valence-corrected chi connectivity index (χ1v) is 9.33. The Morgan fingerprint density at radius 3 is 2.44 bits per heavy atom. The van der Waals surface area contributed by atoms with Crippen molar-refractivity contribution in [2.24, 2.45) is 5.92 Å². The van der Waals surface area contributed by atoms with E-state index < -0.39 is 0 Å². The summed E-state index contributed by atoms with van der Waals surface area (Å²) in [6.07, 6.45) is 1.17. The second-order valence-corrected chi connectivity index (χ2v) is 7.11. The first kappa shape index (κ1) is 20.7. The number of hydrogen-bond donors (Lipinski definition) is 1. The van der Waals surface area contributed by atoms with Crippen LogP contribution in [0, 0.1) is 5.92 Å². The number of H-pyrrole nitrogens is 1. The number of ether oxygens (including phenoxy) is 1. The number of nitrogens with one attached hydrogen (secondary N) is 1. The first-order chi connectivity index (χ1) is 12.8. The molecule has 0 aliphatic rings. The lowest BCUT2D eigenvalue weighted by molar-refractivity contribution is -0.130. The van der Waals surface area contributed by atoms with Crippen molar-refractivity contribution in [1.29, 1.82) is 0 Å². The zero-order valence-electron chi connectivity index (χ0n) is 16.8. The summed E-state index contributed by atoms with van der Waals surface area (Å²) >= 11 is 0. The molecule has 0 atom stereocenters. The molecule has 0 aliphatic carbocycles. The van der Waals surface area contributed by atoms with E-state index in [2.05, 4.69) is 23.8 Å². The van der Waals surface area contributed by atoms with Crippen LogP contribution in [-0.4, -0.2) is 34.4 Å². The second kappa shape index (κ2) is 9.35. The van der Waals surface area contributed by atoms with Gasteiger partial charge >= 0.3 is 0 Å². The standard InChI is InChI=1S/C21H29N3O3/c1-6-19-18(11-16-7-9-17(27-5)10-8-16)21(26)23-20(22-19)13-24(15(4)25)12-14(2)3/h7-10,14H,6,11-13H2,1-5H3,(H,22,23,26). The van der Waals surface area contributed by atoms with E-state index in [9.17, 15) is 9.59 Å². The number of aromatic nitrogens is 2. The molecule has 1 heterocycles. The summed E-state index contributed by atoms with van der Waals surface area (Å²) in [7, 11) is 1.63. The van der Waals surface area contributed by atoms with Gasteiger partial charge in [0, 0.05) is 25.5 Å². The van der Waals surface area contributed by atoms with Crippen LogP contribution in [0.25, 0.3) is 0 Å². The minimum absolute atomic E-state index is 0.0216.